The van der Waals surface area contributed by atoms with Gasteiger partial charge in [0, 0.05) is 24.0 Å². The summed E-state index contributed by atoms with van der Waals surface area (Å²) in [4.78, 5) is 15.5. The second-order valence-corrected chi connectivity index (χ2v) is 5.96. The molecule has 0 spiro atoms. The zero-order valence-electron chi connectivity index (χ0n) is 10.9. The molecule has 4 nitrogen and oxygen atoms in total. The summed E-state index contributed by atoms with van der Waals surface area (Å²) in [7, 11) is 0. The second-order valence-electron chi connectivity index (χ2n) is 5.96. The molecule has 1 aromatic rings. The number of carboxylic acids is 1. The van der Waals surface area contributed by atoms with E-state index < -0.39 is 5.97 Å². The maximum Gasteiger partial charge on any atom is 0.307 e. The second kappa shape index (κ2) is 4.59. The van der Waals surface area contributed by atoms with Crippen LogP contribution in [0.1, 0.15) is 44.6 Å². The van der Waals surface area contributed by atoms with Crippen LogP contribution in [-0.2, 0) is 4.79 Å². The van der Waals surface area contributed by atoms with Crippen molar-refractivity contribution in [3.63, 3.8) is 0 Å². The van der Waals surface area contributed by atoms with E-state index in [1.165, 1.54) is 0 Å². The fourth-order valence-corrected chi connectivity index (χ4v) is 2.94. The number of anilines is 1. The highest BCUT2D eigenvalue weighted by molar-refractivity contribution is 5.72. The molecule has 18 heavy (non-hydrogen) atoms. The molecule has 1 aliphatic carbocycles. The Balaban J connectivity index is 2.36. The number of pyridine rings is 1. The molecule has 3 N–H and O–H groups in total. The molecular weight excluding hydrogens is 228 g/mol. The van der Waals surface area contributed by atoms with Crippen LogP contribution in [0.3, 0.4) is 0 Å². The Morgan fingerprint density at radius 1 is 1.56 bits per heavy atom. The van der Waals surface area contributed by atoms with Gasteiger partial charge in [-0.05, 0) is 36.3 Å². The first kappa shape index (κ1) is 12.9. The minimum Gasteiger partial charge on any atom is -0.481 e. The van der Waals surface area contributed by atoms with Gasteiger partial charge < -0.3 is 10.8 Å². The number of rotatable bonds is 2. The molecule has 1 aliphatic rings. The van der Waals surface area contributed by atoms with Gasteiger partial charge in [0.25, 0.3) is 0 Å². The zero-order valence-corrected chi connectivity index (χ0v) is 10.9. The Morgan fingerprint density at radius 3 is 2.89 bits per heavy atom. The highest BCUT2D eigenvalue weighted by Gasteiger charge is 2.40. The third kappa shape index (κ3) is 2.47. The summed E-state index contributed by atoms with van der Waals surface area (Å²) in [6.07, 6.45) is 5.86. The van der Waals surface area contributed by atoms with Crippen molar-refractivity contribution in [2.75, 3.05) is 5.73 Å². The lowest BCUT2D eigenvalue weighted by Gasteiger charge is -2.39. The van der Waals surface area contributed by atoms with Crippen molar-refractivity contribution in [3.05, 3.63) is 24.0 Å². The average Bonchev–Trinajstić information content (AvgIpc) is 2.27. The van der Waals surface area contributed by atoms with E-state index in [0.29, 0.717) is 12.1 Å². The number of carbonyl (C=O) groups is 1. The minimum atomic E-state index is -0.723. The number of aromatic nitrogens is 1. The standard InChI is InChI=1S/C14H20N2O2/c1-14(2)5-3-9(13(17)18)10(7-14)11-8-16-6-4-12(11)15/h4,6,8-10H,3,5,7H2,1-2H3,(H2,15,16)(H,17,18). The third-order valence-electron chi connectivity index (χ3n) is 3.99. The number of nitrogens with two attached hydrogens (primary N) is 1. The minimum absolute atomic E-state index is 0.0278. The number of hydrogen-bond donors (Lipinski definition) is 2. The fourth-order valence-electron chi connectivity index (χ4n) is 2.94. The Morgan fingerprint density at radius 2 is 2.28 bits per heavy atom. The predicted molar refractivity (Wildman–Crippen MR) is 70.1 cm³/mol. The fraction of sp³-hybridized carbons (Fsp3) is 0.571. The van der Waals surface area contributed by atoms with E-state index in [-0.39, 0.29) is 17.3 Å². The van der Waals surface area contributed by atoms with Gasteiger partial charge in [0.2, 0.25) is 0 Å². The summed E-state index contributed by atoms with van der Waals surface area (Å²) < 4.78 is 0. The normalized spacial score (nSPS) is 26.8. The highest BCUT2D eigenvalue weighted by atomic mass is 16.4. The summed E-state index contributed by atoms with van der Waals surface area (Å²) in [6, 6.07) is 1.75. The smallest absolute Gasteiger partial charge is 0.307 e. The van der Waals surface area contributed by atoms with Crippen molar-refractivity contribution < 1.29 is 9.90 Å². The first-order chi connectivity index (χ1) is 8.41. The number of nitrogen functional groups attached to an aromatic ring is 1. The zero-order chi connectivity index (χ0) is 13.3. The van der Waals surface area contributed by atoms with Crippen LogP contribution in [0, 0.1) is 11.3 Å². The summed E-state index contributed by atoms with van der Waals surface area (Å²) in [5, 5.41) is 9.37. The Kier molecular flexibility index (Phi) is 3.28. The number of carboxylic acid groups (broad SMARTS) is 1. The average molecular weight is 248 g/mol. The van der Waals surface area contributed by atoms with Gasteiger partial charge in [0.15, 0.2) is 0 Å². The van der Waals surface area contributed by atoms with Gasteiger partial charge in [-0.25, -0.2) is 0 Å². The van der Waals surface area contributed by atoms with Gasteiger partial charge in [0.05, 0.1) is 5.92 Å². The lowest BCUT2D eigenvalue weighted by molar-refractivity contribution is -0.144. The van der Waals surface area contributed by atoms with Crippen LogP contribution in [0.25, 0.3) is 0 Å². The van der Waals surface area contributed by atoms with Crippen LogP contribution in [0.4, 0.5) is 5.69 Å². The van der Waals surface area contributed by atoms with Crippen molar-refractivity contribution >= 4 is 11.7 Å². The molecule has 4 heteroatoms. The lowest BCUT2D eigenvalue weighted by Crippen LogP contribution is -2.33. The van der Waals surface area contributed by atoms with E-state index >= 15 is 0 Å². The maximum atomic E-state index is 11.4. The molecule has 0 bridgehead atoms. The van der Waals surface area contributed by atoms with Crippen LogP contribution < -0.4 is 5.73 Å². The summed E-state index contributed by atoms with van der Waals surface area (Å²) in [5.41, 5.74) is 7.67. The van der Waals surface area contributed by atoms with E-state index in [9.17, 15) is 9.90 Å². The first-order valence-electron chi connectivity index (χ1n) is 6.33. The molecule has 0 saturated heterocycles. The van der Waals surface area contributed by atoms with Gasteiger partial charge in [-0.2, -0.15) is 0 Å². The van der Waals surface area contributed by atoms with E-state index in [1.807, 2.05) is 0 Å². The summed E-state index contributed by atoms with van der Waals surface area (Å²) in [5.74, 6) is -1.09. The SMILES string of the molecule is CC1(C)CCC(C(=O)O)C(c2cnccc2N)C1. The van der Waals surface area contributed by atoms with Crippen molar-refractivity contribution in [1.29, 1.82) is 0 Å². The number of nitrogens with zero attached hydrogens (tertiary/aromatic N) is 1. The van der Waals surface area contributed by atoms with Gasteiger partial charge in [-0.1, -0.05) is 13.8 Å². The van der Waals surface area contributed by atoms with Gasteiger partial charge in [-0.15, -0.1) is 0 Å². The molecule has 0 aromatic carbocycles. The molecule has 0 amide bonds. The Bertz CT molecular complexity index is 457. The van der Waals surface area contributed by atoms with Gasteiger partial charge >= 0.3 is 5.97 Å². The molecule has 2 atom stereocenters. The van der Waals surface area contributed by atoms with Crippen LogP contribution in [0.15, 0.2) is 18.5 Å². The highest BCUT2D eigenvalue weighted by Crippen LogP contribution is 2.47. The number of aliphatic carboxylic acids is 1. The maximum absolute atomic E-state index is 11.4. The third-order valence-corrected chi connectivity index (χ3v) is 3.99. The molecule has 98 valence electrons. The Hall–Kier alpha value is -1.58. The van der Waals surface area contributed by atoms with Crippen LogP contribution in [-0.4, -0.2) is 16.1 Å². The molecule has 1 saturated carbocycles. The van der Waals surface area contributed by atoms with E-state index in [0.717, 1.165) is 18.4 Å². The van der Waals surface area contributed by atoms with Crippen LogP contribution >= 0.6 is 0 Å². The summed E-state index contributed by atoms with van der Waals surface area (Å²) in [6.45, 7) is 4.37. The van der Waals surface area contributed by atoms with Crippen molar-refractivity contribution in [1.82, 2.24) is 4.98 Å². The van der Waals surface area contributed by atoms with Crippen molar-refractivity contribution in [2.45, 2.75) is 39.0 Å². The quantitative estimate of drug-likeness (QED) is 0.843. The largest absolute Gasteiger partial charge is 0.481 e. The summed E-state index contributed by atoms with van der Waals surface area (Å²) >= 11 is 0. The molecule has 0 aliphatic heterocycles. The molecule has 2 rings (SSSR count). The molecular formula is C14H20N2O2. The van der Waals surface area contributed by atoms with Crippen molar-refractivity contribution in [2.24, 2.45) is 11.3 Å². The van der Waals surface area contributed by atoms with E-state index in [4.69, 9.17) is 5.73 Å². The van der Waals surface area contributed by atoms with E-state index in [2.05, 4.69) is 18.8 Å². The van der Waals surface area contributed by atoms with Crippen LogP contribution in [0.5, 0.6) is 0 Å². The topological polar surface area (TPSA) is 76.2 Å². The molecule has 1 fully saturated rings. The van der Waals surface area contributed by atoms with E-state index in [1.54, 1.807) is 18.5 Å². The molecule has 0 radical (unpaired) electrons. The molecule has 1 heterocycles. The van der Waals surface area contributed by atoms with Crippen molar-refractivity contribution in [3.8, 4) is 0 Å². The number of hydrogen-bond acceptors (Lipinski definition) is 3. The van der Waals surface area contributed by atoms with Gasteiger partial charge in [0.1, 0.15) is 0 Å². The van der Waals surface area contributed by atoms with Gasteiger partial charge in [-0.3, -0.25) is 9.78 Å². The Labute approximate surface area is 107 Å². The lowest BCUT2D eigenvalue weighted by atomic mass is 9.65. The first-order valence-corrected chi connectivity index (χ1v) is 6.33. The van der Waals surface area contributed by atoms with Crippen LogP contribution in [0.2, 0.25) is 0 Å². The molecule has 2 unspecified atom stereocenters. The molecule has 1 aromatic heterocycles. The monoisotopic (exact) mass is 248 g/mol. The predicted octanol–water partition coefficient (Wildman–Crippen LogP) is 2.66.